The van der Waals surface area contributed by atoms with Gasteiger partial charge in [-0.2, -0.15) is 5.01 Å². The summed E-state index contributed by atoms with van der Waals surface area (Å²) in [7, 11) is 4.53. The third kappa shape index (κ3) is 4.20. The van der Waals surface area contributed by atoms with E-state index in [4.69, 9.17) is 26.4 Å². The highest BCUT2D eigenvalue weighted by Gasteiger charge is 2.34. The van der Waals surface area contributed by atoms with Crippen molar-refractivity contribution < 1.29 is 23.8 Å². The minimum Gasteiger partial charge on any atom is -0.496 e. The van der Waals surface area contributed by atoms with Gasteiger partial charge in [0.05, 0.1) is 31.8 Å². The van der Waals surface area contributed by atoms with Crippen molar-refractivity contribution >= 4 is 46.2 Å². The second-order valence-electron chi connectivity index (χ2n) is 5.74. The Kier molecular flexibility index (Phi) is 6.40. The van der Waals surface area contributed by atoms with Crippen LogP contribution in [0.2, 0.25) is 0 Å². The molecule has 0 radical (unpaired) electrons. The molecule has 9 heteroatoms. The van der Waals surface area contributed by atoms with E-state index in [0.717, 1.165) is 16.8 Å². The molecule has 7 nitrogen and oxygen atoms in total. The van der Waals surface area contributed by atoms with Gasteiger partial charge in [0, 0.05) is 5.56 Å². The molecule has 1 saturated heterocycles. The molecule has 0 atom stereocenters. The maximum Gasteiger partial charge on any atom is 0.285 e. The number of hydrogen-bond acceptors (Lipinski definition) is 7. The lowest BCUT2D eigenvalue weighted by atomic mass is 10.1. The fourth-order valence-corrected chi connectivity index (χ4v) is 3.90. The molecule has 3 rings (SSSR count). The van der Waals surface area contributed by atoms with Gasteiger partial charge in [-0.1, -0.05) is 36.0 Å². The summed E-state index contributed by atoms with van der Waals surface area (Å²) >= 11 is 6.36. The maximum absolute atomic E-state index is 12.8. The number of carbonyl (C=O) groups is 2. The van der Waals surface area contributed by atoms with E-state index in [9.17, 15) is 9.59 Å². The van der Waals surface area contributed by atoms with Gasteiger partial charge in [0.1, 0.15) is 5.75 Å². The lowest BCUT2D eigenvalue weighted by Crippen LogP contribution is -2.44. The van der Waals surface area contributed by atoms with Crippen LogP contribution in [0.3, 0.4) is 0 Å². The second-order valence-corrected chi connectivity index (χ2v) is 7.42. The summed E-state index contributed by atoms with van der Waals surface area (Å²) in [5.74, 6) is 0.499. The molecule has 0 aliphatic carbocycles. The van der Waals surface area contributed by atoms with E-state index in [1.165, 1.54) is 21.3 Å². The molecule has 2 amide bonds. The molecule has 0 aromatic heterocycles. The van der Waals surface area contributed by atoms with Gasteiger partial charge in [-0.3, -0.25) is 15.0 Å². The Morgan fingerprint density at radius 2 is 1.72 bits per heavy atom. The molecule has 0 spiro atoms. The number of thioether (sulfide) groups is 1. The first kappa shape index (κ1) is 20.7. The first-order valence-corrected chi connectivity index (χ1v) is 9.65. The second kappa shape index (κ2) is 8.97. The summed E-state index contributed by atoms with van der Waals surface area (Å²) in [5.41, 5.74) is 3.49. The number of methoxy groups -OCH3 is 3. The van der Waals surface area contributed by atoms with E-state index < -0.39 is 11.8 Å². The van der Waals surface area contributed by atoms with Crippen molar-refractivity contribution in [1.29, 1.82) is 0 Å². The molecule has 0 saturated carbocycles. The molecule has 1 N–H and O–H groups in total. The number of nitrogens with zero attached hydrogens (tertiary/aromatic N) is 1. The maximum atomic E-state index is 12.8. The molecule has 29 heavy (non-hydrogen) atoms. The molecule has 1 heterocycles. The third-order valence-corrected chi connectivity index (χ3v) is 5.38. The number of para-hydroxylation sites is 2. The van der Waals surface area contributed by atoms with Crippen LogP contribution >= 0.6 is 24.0 Å². The number of hydrogen-bond donors (Lipinski definition) is 1. The number of hydrazine groups is 1. The Bertz CT molecular complexity index is 1010. The third-order valence-electron chi connectivity index (χ3n) is 4.08. The molecular weight excluding hydrogens is 412 g/mol. The van der Waals surface area contributed by atoms with Gasteiger partial charge in [-0.15, -0.1) is 0 Å². The quantitative estimate of drug-likeness (QED) is 0.557. The lowest BCUT2D eigenvalue weighted by molar-refractivity contribution is -0.123. The molecule has 1 fully saturated rings. The van der Waals surface area contributed by atoms with E-state index in [1.54, 1.807) is 48.5 Å². The Hall–Kier alpha value is -3.04. The predicted molar refractivity (Wildman–Crippen MR) is 115 cm³/mol. The van der Waals surface area contributed by atoms with Gasteiger partial charge in [-0.05, 0) is 36.5 Å². The first-order valence-electron chi connectivity index (χ1n) is 8.43. The summed E-state index contributed by atoms with van der Waals surface area (Å²) < 4.78 is 16.1. The van der Waals surface area contributed by atoms with Crippen LogP contribution in [-0.2, 0) is 4.79 Å². The molecule has 2 aromatic rings. The van der Waals surface area contributed by atoms with E-state index in [2.05, 4.69) is 5.43 Å². The normalized spacial score (nSPS) is 14.9. The summed E-state index contributed by atoms with van der Waals surface area (Å²) in [6, 6.07) is 12.1. The van der Waals surface area contributed by atoms with Gasteiger partial charge in [0.2, 0.25) is 0 Å². The van der Waals surface area contributed by atoms with Crippen molar-refractivity contribution in [2.75, 3.05) is 21.3 Å². The van der Waals surface area contributed by atoms with Crippen LogP contribution in [-0.4, -0.2) is 42.5 Å². The smallest absolute Gasteiger partial charge is 0.285 e. The van der Waals surface area contributed by atoms with Gasteiger partial charge in [-0.25, -0.2) is 0 Å². The molecular formula is C20H18N2O5S2. The Morgan fingerprint density at radius 1 is 1.03 bits per heavy atom. The van der Waals surface area contributed by atoms with Crippen LogP contribution in [0.4, 0.5) is 0 Å². The van der Waals surface area contributed by atoms with Crippen molar-refractivity contribution in [3.63, 3.8) is 0 Å². The zero-order chi connectivity index (χ0) is 21.0. The number of benzene rings is 2. The van der Waals surface area contributed by atoms with Crippen LogP contribution in [0.15, 0.2) is 47.4 Å². The molecule has 1 aliphatic rings. The van der Waals surface area contributed by atoms with Crippen molar-refractivity contribution in [3.8, 4) is 17.2 Å². The number of ether oxygens (including phenoxy) is 3. The van der Waals surface area contributed by atoms with Gasteiger partial charge in [0.25, 0.3) is 11.8 Å². The number of carbonyl (C=O) groups excluding carboxylic acids is 2. The van der Waals surface area contributed by atoms with Crippen molar-refractivity contribution in [2.45, 2.75) is 0 Å². The highest BCUT2D eigenvalue weighted by molar-refractivity contribution is 8.26. The average molecular weight is 431 g/mol. The van der Waals surface area contributed by atoms with Crippen molar-refractivity contribution in [1.82, 2.24) is 10.4 Å². The first-order chi connectivity index (χ1) is 14.0. The Labute approximate surface area is 177 Å². The van der Waals surface area contributed by atoms with Gasteiger partial charge in [0.15, 0.2) is 15.8 Å². The molecule has 0 bridgehead atoms. The number of thiocarbonyl (C=S) groups is 1. The van der Waals surface area contributed by atoms with Gasteiger partial charge >= 0.3 is 0 Å². The zero-order valence-electron chi connectivity index (χ0n) is 15.9. The standard InChI is InChI=1S/C20H18N2O5S2/c1-25-14-9-5-4-8-13(14)18(23)21-22-19(24)16(29-20(22)28)11-12-7-6-10-15(26-2)17(12)27-3/h4-11H,1-3H3,(H,21,23)/b16-11+. The molecule has 2 aromatic carbocycles. The number of rotatable bonds is 6. The summed E-state index contributed by atoms with van der Waals surface area (Å²) in [5, 5.41) is 1.05. The predicted octanol–water partition coefficient (Wildman–Crippen LogP) is 3.26. The van der Waals surface area contributed by atoms with Crippen LogP contribution in [0.25, 0.3) is 6.08 Å². The minimum atomic E-state index is -0.501. The number of amides is 2. The van der Waals surface area contributed by atoms with Gasteiger partial charge < -0.3 is 14.2 Å². The van der Waals surface area contributed by atoms with E-state index in [-0.39, 0.29) is 4.32 Å². The lowest BCUT2D eigenvalue weighted by Gasteiger charge is -2.16. The average Bonchev–Trinajstić information content (AvgIpc) is 3.00. The van der Waals surface area contributed by atoms with Crippen LogP contribution in [0, 0.1) is 0 Å². The molecule has 1 aliphatic heterocycles. The van der Waals surface area contributed by atoms with E-state index in [1.807, 2.05) is 0 Å². The fourth-order valence-electron chi connectivity index (χ4n) is 2.72. The Morgan fingerprint density at radius 3 is 2.41 bits per heavy atom. The van der Waals surface area contributed by atoms with E-state index in [0.29, 0.717) is 33.3 Å². The topological polar surface area (TPSA) is 77.1 Å². The summed E-state index contributed by atoms with van der Waals surface area (Å²) in [6.45, 7) is 0. The molecule has 0 unspecified atom stereocenters. The highest BCUT2D eigenvalue weighted by atomic mass is 32.2. The van der Waals surface area contributed by atoms with Crippen LogP contribution < -0.4 is 19.6 Å². The number of nitrogens with one attached hydrogen (secondary N) is 1. The summed E-state index contributed by atoms with van der Waals surface area (Å²) in [6.07, 6.45) is 1.65. The highest BCUT2D eigenvalue weighted by Crippen LogP contribution is 2.36. The zero-order valence-corrected chi connectivity index (χ0v) is 17.6. The monoisotopic (exact) mass is 430 g/mol. The van der Waals surface area contributed by atoms with Crippen LogP contribution in [0.1, 0.15) is 15.9 Å². The minimum absolute atomic E-state index is 0.214. The fraction of sp³-hybridized carbons (Fsp3) is 0.150. The SMILES string of the molecule is COc1ccccc1C(=O)NN1C(=O)/C(=C\c2cccc(OC)c2OC)SC1=S. The largest absolute Gasteiger partial charge is 0.496 e. The van der Waals surface area contributed by atoms with E-state index >= 15 is 0 Å². The van der Waals surface area contributed by atoms with Crippen molar-refractivity contribution in [2.24, 2.45) is 0 Å². The summed E-state index contributed by atoms with van der Waals surface area (Å²) in [4.78, 5) is 25.8. The molecule has 150 valence electrons. The van der Waals surface area contributed by atoms with Crippen LogP contribution in [0.5, 0.6) is 17.2 Å². The Balaban J connectivity index is 1.85. The van der Waals surface area contributed by atoms with Crippen molar-refractivity contribution in [3.05, 3.63) is 58.5 Å².